The molecule has 1 aromatic rings. The van der Waals surface area contributed by atoms with Crippen LogP contribution in [0, 0.1) is 16.0 Å². The van der Waals surface area contributed by atoms with Crippen molar-refractivity contribution in [1.29, 1.82) is 0 Å². The second kappa shape index (κ2) is 7.38. The molecule has 1 N–H and O–H groups in total. The van der Waals surface area contributed by atoms with Gasteiger partial charge in [0.1, 0.15) is 11.4 Å². The molecule has 0 aliphatic heterocycles. The molecule has 0 spiro atoms. The van der Waals surface area contributed by atoms with Gasteiger partial charge in [-0.15, -0.1) is 0 Å². The average Bonchev–Trinajstić information content (AvgIpc) is 2.65. The van der Waals surface area contributed by atoms with E-state index >= 15 is 0 Å². The number of rotatable bonds is 8. The van der Waals surface area contributed by atoms with E-state index in [2.05, 4.69) is 31.2 Å². The van der Waals surface area contributed by atoms with Crippen LogP contribution in [0.1, 0.15) is 45.5 Å². The lowest BCUT2D eigenvalue weighted by molar-refractivity contribution is -0.386. The molecule has 1 aromatic heterocycles. The van der Waals surface area contributed by atoms with E-state index < -0.39 is 0 Å². The van der Waals surface area contributed by atoms with Gasteiger partial charge in [0, 0.05) is 19.5 Å². The van der Waals surface area contributed by atoms with Crippen LogP contribution in [0.25, 0.3) is 0 Å². The van der Waals surface area contributed by atoms with Crippen LogP contribution in [0.4, 0.5) is 5.69 Å². The van der Waals surface area contributed by atoms with E-state index in [1.165, 1.54) is 0 Å². The molecule has 0 saturated carbocycles. The molecule has 1 atom stereocenters. The first-order valence-corrected chi connectivity index (χ1v) is 7.34. The van der Waals surface area contributed by atoms with Gasteiger partial charge >= 0.3 is 5.69 Å². The van der Waals surface area contributed by atoms with Gasteiger partial charge in [-0.05, 0) is 18.9 Å². The molecule has 20 heavy (non-hydrogen) atoms. The zero-order chi connectivity index (χ0) is 15.3. The van der Waals surface area contributed by atoms with Crippen molar-refractivity contribution in [1.82, 2.24) is 15.1 Å². The molecule has 1 rings (SSSR count). The monoisotopic (exact) mass is 282 g/mol. The number of nitrogens with one attached hydrogen (secondary N) is 1. The van der Waals surface area contributed by atoms with Gasteiger partial charge in [-0.1, -0.05) is 34.1 Å². The number of likely N-dealkylation sites (N-methyl/N-ethyl adjacent to an activating group) is 1. The van der Waals surface area contributed by atoms with Crippen LogP contribution in [0.5, 0.6) is 0 Å². The molecule has 0 saturated heterocycles. The third-order valence-electron chi connectivity index (χ3n) is 3.56. The van der Waals surface area contributed by atoms with Crippen LogP contribution < -0.4 is 5.32 Å². The minimum atomic E-state index is -0.281. The highest BCUT2D eigenvalue weighted by Crippen LogP contribution is 2.26. The molecular formula is C14H26N4O2. The summed E-state index contributed by atoms with van der Waals surface area (Å²) >= 11 is 0. The van der Waals surface area contributed by atoms with E-state index in [1.807, 2.05) is 6.92 Å². The van der Waals surface area contributed by atoms with Gasteiger partial charge in [0.15, 0.2) is 0 Å². The quantitative estimate of drug-likeness (QED) is 0.587. The van der Waals surface area contributed by atoms with Crippen LogP contribution in [-0.4, -0.2) is 27.3 Å². The predicted molar refractivity (Wildman–Crippen MR) is 79.9 cm³/mol. The Morgan fingerprint density at radius 3 is 2.50 bits per heavy atom. The van der Waals surface area contributed by atoms with Gasteiger partial charge in [-0.25, -0.2) is 0 Å². The molecule has 6 nitrogen and oxygen atoms in total. The Morgan fingerprint density at radius 2 is 2.05 bits per heavy atom. The van der Waals surface area contributed by atoms with Crippen LogP contribution in [0.15, 0.2) is 0 Å². The highest BCUT2D eigenvalue weighted by molar-refractivity contribution is 5.42. The standard InChI is InChI=1S/C14H26N4O2/c1-6-8-11-14(18(19)20)13(17(5)16-11)9-12(10(3)4)15-7-2/h10,12,15H,6-9H2,1-5H3. The first kappa shape index (κ1) is 16.6. The molecule has 6 heteroatoms. The molecule has 0 fully saturated rings. The third-order valence-corrected chi connectivity index (χ3v) is 3.56. The van der Waals surface area contributed by atoms with E-state index in [0.29, 0.717) is 24.5 Å². The molecular weight excluding hydrogens is 256 g/mol. The zero-order valence-electron chi connectivity index (χ0n) is 13.1. The lowest BCUT2D eigenvalue weighted by atomic mass is 9.98. The van der Waals surface area contributed by atoms with E-state index in [1.54, 1.807) is 11.7 Å². The summed E-state index contributed by atoms with van der Waals surface area (Å²) in [5.41, 5.74) is 1.53. The molecule has 0 amide bonds. The first-order chi connectivity index (χ1) is 9.42. The van der Waals surface area contributed by atoms with Gasteiger partial charge in [-0.3, -0.25) is 14.8 Å². The van der Waals surface area contributed by atoms with Crippen molar-refractivity contribution in [2.75, 3.05) is 6.54 Å². The van der Waals surface area contributed by atoms with E-state index in [9.17, 15) is 10.1 Å². The van der Waals surface area contributed by atoms with Crippen LogP contribution in [-0.2, 0) is 19.9 Å². The van der Waals surface area contributed by atoms with Gasteiger partial charge in [-0.2, -0.15) is 5.10 Å². The van der Waals surface area contributed by atoms with E-state index in [0.717, 1.165) is 18.7 Å². The Bertz CT molecular complexity index is 454. The Morgan fingerprint density at radius 1 is 1.40 bits per heavy atom. The minimum Gasteiger partial charge on any atom is -0.314 e. The van der Waals surface area contributed by atoms with E-state index in [4.69, 9.17) is 0 Å². The van der Waals surface area contributed by atoms with Crippen molar-refractivity contribution in [3.05, 3.63) is 21.5 Å². The average molecular weight is 282 g/mol. The molecule has 114 valence electrons. The Kier molecular flexibility index (Phi) is 6.13. The molecule has 0 aliphatic carbocycles. The van der Waals surface area contributed by atoms with Gasteiger partial charge in [0.25, 0.3) is 0 Å². The fourth-order valence-electron chi connectivity index (χ4n) is 2.47. The fraction of sp³-hybridized carbons (Fsp3) is 0.786. The smallest absolute Gasteiger partial charge is 0.313 e. The predicted octanol–water partition coefficient (Wildman–Crippen LogP) is 2.46. The molecule has 1 heterocycles. The van der Waals surface area contributed by atoms with Crippen molar-refractivity contribution in [3.8, 4) is 0 Å². The molecule has 0 aromatic carbocycles. The lowest BCUT2D eigenvalue weighted by Gasteiger charge is -2.21. The third kappa shape index (κ3) is 3.79. The van der Waals surface area contributed by atoms with E-state index in [-0.39, 0.29) is 16.7 Å². The SMILES string of the molecule is CCCc1nn(C)c(CC(NCC)C(C)C)c1[N+](=O)[O-]. The first-order valence-electron chi connectivity index (χ1n) is 7.34. The van der Waals surface area contributed by atoms with Crippen molar-refractivity contribution in [2.45, 2.75) is 53.0 Å². The zero-order valence-corrected chi connectivity index (χ0v) is 13.1. The van der Waals surface area contributed by atoms with Crippen molar-refractivity contribution >= 4 is 5.69 Å². The fourth-order valence-corrected chi connectivity index (χ4v) is 2.47. The normalized spacial score (nSPS) is 12.9. The van der Waals surface area contributed by atoms with Gasteiger partial charge in [0.05, 0.1) is 4.92 Å². The maximum Gasteiger partial charge on any atom is 0.313 e. The maximum atomic E-state index is 11.4. The summed E-state index contributed by atoms with van der Waals surface area (Å²) in [7, 11) is 1.80. The Hall–Kier alpha value is -1.43. The summed E-state index contributed by atoms with van der Waals surface area (Å²) < 4.78 is 1.68. The van der Waals surface area contributed by atoms with Gasteiger partial charge < -0.3 is 5.32 Å². The molecule has 0 aliphatic rings. The highest BCUT2D eigenvalue weighted by Gasteiger charge is 2.28. The van der Waals surface area contributed by atoms with Gasteiger partial charge in [0.2, 0.25) is 0 Å². The number of nitro groups is 1. The van der Waals surface area contributed by atoms with Crippen LogP contribution >= 0.6 is 0 Å². The second-order valence-corrected chi connectivity index (χ2v) is 5.49. The summed E-state index contributed by atoms with van der Waals surface area (Å²) in [4.78, 5) is 11.1. The summed E-state index contributed by atoms with van der Waals surface area (Å²) in [5, 5.41) is 19.1. The largest absolute Gasteiger partial charge is 0.314 e. The number of nitrogens with zero attached hydrogens (tertiary/aromatic N) is 3. The van der Waals surface area contributed by atoms with Crippen molar-refractivity contribution in [2.24, 2.45) is 13.0 Å². The number of hydrogen-bond acceptors (Lipinski definition) is 4. The Balaban J connectivity index is 3.12. The molecule has 0 radical (unpaired) electrons. The highest BCUT2D eigenvalue weighted by atomic mass is 16.6. The Labute approximate surface area is 120 Å². The van der Waals surface area contributed by atoms with Crippen LogP contribution in [0.3, 0.4) is 0 Å². The number of aryl methyl sites for hydroxylation is 2. The lowest BCUT2D eigenvalue weighted by Crippen LogP contribution is -2.36. The maximum absolute atomic E-state index is 11.4. The van der Waals surface area contributed by atoms with Crippen molar-refractivity contribution < 1.29 is 4.92 Å². The summed E-state index contributed by atoms with van der Waals surface area (Å²) in [6.07, 6.45) is 2.14. The van der Waals surface area contributed by atoms with Crippen LogP contribution in [0.2, 0.25) is 0 Å². The molecule has 1 unspecified atom stereocenters. The molecule has 0 bridgehead atoms. The minimum absolute atomic E-state index is 0.206. The summed E-state index contributed by atoms with van der Waals surface area (Å²) in [5.74, 6) is 0.416. The number of hydrogen-bond donors (Lipinski definition) is 1. The summed E-state index contributed by atoms with van der Waals surface area (Å²) in [6.45, 7) is 9.17. The van der Waals surface area contributed by atoms with Crippen molar-refractivity contribution in [3.63, 3.8) is 0 Å². The summed E-state index contributed by atoms with van der Waals surface area (Å²) in [6, 6.07) is 0.226. The topological polar surface area (TPSA) is 73.0 Å². The number of aromatic nitrogens is 2. The second-order valence-electron chi connectivity index (χ2n) is 5.49.